The lowest BCUT2D eigenvalue weighted by Crippen LogP contribution is -2.29. The number of carbonyl (C=O) groups excluding carboxylic acids is 2. The number of phosphoric ester groups is 1. The van der Waals surface area contributed by atoms with Gasteiger partial charge in [-0.05, 0) is 109 Å². The van der Waals surface area contributed by atoms with Gasteiger partial charge in [0.25, 0.3) is 0 Å². The van der Waals surface area contributed by atoms with Crippen molar-refractivity contribution in [2.45, 2.75) is 161 Å². The minimum Gasteiger partial charge on any atom is -0.462 e. The van der Waals surface area contributed by atoms with E-state index in [0.29, 0.717) is 19.3 Å². The maximum absolute atomic E-state index is 12.6. The standard InChI is InChI=1S/C55H86NO8P/c1-3-5-7-9-11-13-15-17-19-21-23-25-26-28-30-32-34-36-38-40-42-44-46-48-55(58)64-53(52-63-65(59,60)62-50-49-56)51-61-54(57)47-45-43-41-39-37-35-33-31-29-27-24-22-20-18-16-14-12-10-8-6-4-2/h5-8,11-14,17-20,23-25,27-28,30-31,33-34,36,40,42,53H,3-4,9-10,15-16,21-22,26,29,32,35,37-39,41,43-52,56H2,1-2H3,(H,59,60)/b7-5-,8-6-,13-11-,14-12-,19-17-,20-18-,25-23-,27-24-,30-28-,33-31-,36-34-,42-40-. The van der Waals surface area contributed by atoms with Crippen LogP contribution in [0.15, 0.2) is 146 Å². The summed E-state index contributed by atoms with van der Waals surface area (Å²) in [5.74, 6) is -0.936. The zero-order valence-electron chi connectivity index (χ0n) is 40.1. The third kappa shape index (κ3) is 49.2. The van der Waals surface area contributed by atoms with Gasteiger partial charge in [0.1, 0.15) is 6.61 Å². The summed E-state index contributed by atoms with van der Waals surface area (Å²) < 4.78 is 32.8. The fourth-order valence-electron chi connectivity index (χ4n) is 5.71. The van der Waals surface area contributed by atoms with Gasteiger partial charge in [-0.1, -0.05) is 179 Å². The molecule has 0 saturated heterocycles. The first-order valence-corrected chi connectivity index (χ1v) is 25.8. The second-order valence-corrected chi connectivity index (χ2v) is 16.7. The van der Waals surface area contributed by atoms with E-state index >= 15 is 0 Å². The SMILES string of the molecule is CC/C=C\C/C=C\C/C=C\C/C=C\C/C=C\C/C=C\C/C=C\CCCC(=O)OC(COC(=O)CCCCCCC/C=C\C/C=C\C/C=C\C/C=C\C/C=C\CC)COP(=O)(O)OCCN. The first-order chi connectivity index (χ1) is 31.8. The van der Waals surface area contributed by atoms with Gasteiger partial charge in [0.05, 0.1) is 13.2 Å². The Hall–Kier alpha value is -4.11. The first kappa shape index (κ1) is 60.9. The highest BCUT2D eigenvalue weighted by Crippen LogP contribution is 2.43. The molecule has 0 aromatic heterocycles. The molecule has 3 N–H and O–H groups in total. The molecule has 0 bridgehead atoms. The third-order valence-electron chi connectivity index (χ3n) is 9.22. The maximum Gasteiger partial charge on any atom is 0.472 e. The van der Waals surface area contributed by atoms with E-state index < -0.39 is 32.5 Å². The van der Waals surface area contributed by atoms with Crippen LogP contribution in [0.5, 0.6) is 0 Å². The van der Waals surface area contributed by atoms with Crippen molar-refractivity contribution in [3.8, 4) is 0 Å². The fraction of sp³-hybridized carbons (Fsp3) is 0.527. The Bertz CT molecular complexity index is 1560. The lowest BCUT2D eigenvalue weighted by atomic mass is 10.1. The first-order valence-electron chi connectivity index (χ1n) is 24.3. The van der Waals surface area contributed by atoms with Gasteiger partial charge in [-0.2, -0.15) is 0 Å². The van der Waals surface area contributed by atoms with Crippen LogP contribution in [0.1, 0.15) is 155 Å². The normalized spacial score (nSPS) is 14.5. The van der Waals surface area contributed by atoms with Crippen molar-refractivity contribution in [2.75, 3.05) is 26.4 Å². The molecule has 0 aliphatic rings. The van der Waals surface area contributed by atoms with E-state index in [1.54, 1.807) is 0 Å². The molecule has 0 rings (SSSR count). The third-order valence-corrected chi connectivity index (χ3v) is 10.2. The van der Waals surface area contributed by atoms with E-state index in [0.717, 1.165) is 109 Å². The Balaban J connectivity index is 4.29. The number of unbranched alkanes of at least 4 members (excludes halogenated alkanes) is 6. The minimum absolute atomic E-state index is 0.0318. The Morgan fingerprint density at radius 3 is 1.23 bits per heavy atom. The number of hydrogen-bond donors (Lipinski definition) is 2. The fourth-order valence-corrected chi connectivity index (χ4v) is 6.47. The second kappa shape index (κ2) is 49.3. The molecular weight excluding hydrogens is 834 g/mol. The Morgan fingerprint density at radius 2 is 0.815 bits per heavy atom. The predicted octanol–water partition coefficient (Wildman–Crippen LogP) is 14.8. The van der Waals surface area contributed by atoms with Gasteiger partial charge in [-0.25, -0.2) is 4.57 Å². The van der Waals surface area contributed by atoms with Crippen molar-refractivity contribution in [1.82, 2.24) is 0 Å². The van der Waals surface area contributed by atoms with Gasteiger partial charge in [0.2, 0.25) is 0 Å². The topological polar surface area (TPSA) is 134 Å². The zero-order valence-corrected chi connectivity index (χ0v) is 41.0. The van der Waals surface area contributed by atoms with Crippen LogP contribution in [0.4, 0.5) is 0 Å². The molecular formula is C55H86NO8P. The summed E-state index contributed by atoms with van der Waals surface area (Å²) >= 11 is 0. The monoisotopic (exact) mass is 920 g/mol. The molecule has 0 aromatic rings. The number of rotatable bonds is 43. The predicted molar refractivity (Wildman–Crippen MR) is 274 cm³/mol. The molecule has 0 saturated carbocycles. The summed E-state index contributed by atoms with van der Waals surface area (Å²) in [7, 11) is -4.42. The Kier molecular flexibility index (Phi) is 46.2. The van der Waals surface area contributed by atoms with Crippen molar-refractivity contribution < 1.29 is 37.6 Å². The van der Waals surface area contributed by atoms with Crippen LogP contribution in [-0.2, 0) is 32.7 Å². The average Bonchev–Trinajstić information content (AvgIpc) is 3.30. The molecule has 2 unspecified atom stereocenters. The van der Waals surface area contributed by atoms with Crippen molar-refractivity contribution >= 4 is 19.8 Å². The van der Waals surface area contributed by atoms with Gasteiger partial charge >= 0.3 is 19.8 Å². The number of carbonyl (C=O) groups is 2. The summed E-state index contributed by atoms with van der Waals surface area (Å²) in [6, 6.07) is 0. The van der Waals surface area contributed by atoms with E-state index in [2.05, 4.69) is 154 Å². The molecule has 0 aliphatic carbocycles. The summed E-state index contributed by atoms with van der Waals surface area (Å²) in [5.41, 5.74) is 5.36. The molecule has 65 heavy (non-hydrogen) atoms. The largest absolute Gasteiger partial charge is 0.472 e. The van der Waals surface area contributed by atoms with E-state index in [-0.39, 0.29) is 32.6 Å². The van der Waals surface area contributed by atoms with E-state index in [1.807, 2.05) is 6.08 Å². The van der Waals surface area contributed by atoms with Gasteiger partial charge < -0.3 is 20.1 Å². The van der Waals surface area contributed by atoms with Crippen LogP contribution < -0.4 is 5.73 Å². The van der Waals surface area contributed by atoms with Crippen LogP contribution >= 0.6 is 7.82 Å². The molecule has 2 atom stereocenters. The van der Waals surface area contributed by atoms with Gasteiger partial charge in [-0.15, -0.1) is 0 Å². The Labute approximate surface area is 395 Å². The molecule has 0 amide bonds. The Morgan fingerprint density at radius 1 is 0.462 bits per heavy atom. The number of nitrogens with two attached hydrogens (primary N) is 1. The number of esters is 2. The van der Waals surface area contributed by atoms with Crippen LogP contribution in [0, 0.1) is 0 Å². The molecule has 0 aromatic carbocycles. The number of ether oxygens (including phenoxy) is 2. The molecule has 0 heterocycles. The van der Waals surface area contributed by atoms with Crippen LogP contribution in [0.3, 0.4) is 0 Å². The molecule has 10 heteroatoms. The highest BCUT2D eigenvalue weighted by Gasteiger charge is 2.25. The van der Waals surface area contributed by atoms with Crippen LogP contribution in [0.2, 0.25) is 0 Å². The van der Waals surface area contributed by atoms with Crippen molar-refractivity contribution in [3.63, 3.8) is 0 Å². The highest BCUT2D eigenvalue weighted by atomic mass is 31.2. The van der Waals surface area contributed by atoms with Gasteiger partial charge in [0.15, 0.2) is 6.10 Å². The zero-order chi connectivity index (χ0) is 47.4. The van der Waals surface area contributed by atoms with Crippen molar-refractivity contribution in [3.05, 3.63) is 146 Å². The van der Waals surface area contributed by atoms with Gasteiger partial charge in [0, 0.05) is 19.4 Å². The highest BCUT2D eigenvalue weighted by molar-refractivity contribution is 7.47. The number of allylic oxidation sites excluding steroid dienone is 24. The molecule has 0 radical (unpaired) electrons. The molecule has 9 nitrogen and oxygen atoms in total. The van der Waals surface area contributed by atoms with Crippen molar-refractivity contribution in [1.29, 1.82) is 0 Å². The van der Waals surface area contributed by atoms with Crippen molar-refractivity contribution in [2.24, 2.45) is 5.73 Å². The van der Waals surface area contributed by atoms with E-state index in [1.165, 1.54) is 0 Å². The van der Waals surface area contributed by atoms with Gasteiger partial charge in [-0.3, -0.25) is 18.6 Å². The van der Waals surface area contributed by atoms with Crippen LogP contribution in [0.25, 0.3) is 0 Å². The average molecular weight is 920 g/mol. The molecule has 0 spiro atoms. The number of hydrogen-bond acceptors (Lipinski definition) is 8. The lowest BCUT2D eigenvalue weighted by molar-refractivity contribution is -0.161. The number of phosphoric acid groups is 1. The molecule has 0 aliphatic heterocycles. The summed E-state index contributed by atoms with van der Waals surface area (Å²) in [6.07, 6.45) is 70.3. The second-order valence-electron chi connectivity index (χ2n) is 15.2. The quantitative estimate of drug-likeness (QED) is 0.0265. The van der Waals surface area contributed by atoms with E-state index in [9.17, 15) is 19.0 Å². The van der Waals surface area contributed by atoms with Crippen LogP contribution in [-0.4, -0.2) is 49.3 Å². The molecule has 0 fully saturated rings. The summed E-state index contributed by atoms with van der Waals surface area (Å²) in [6.45, 7) is 3.38. The lowest BCUT2D eigenvalue weighted by Gasteiger charge is -2.19. The smallest absolute Gasteiger partial charge is 0.462 e. The van der Waals surface area contributed by atoms with E-state index in [4.69, 9.17) is 24.3 Å². The maximum atomic E-state index is 12.6. The summed E-state index contributed by atoms with van der Waals surface area (Å²) in [4.78, 5) is 35.0. The minimum atomic E-state index is -4.42. The molecule has 364 valence electrons. The summed E-state index contributed by atoms with van der Waals surface area (Å²) in [5, 5.41) is 0.